The van der Waals surface area contributed by atoms with Crippen molar-refractivity contribution in [3.63, 3.8) is 0 Å². The number of hydrogen-bond donors (Lipinski definition) is 3. The lowest BCUT2D eigenvalue weighted by atomic mass is 10.1. The first-order chi connectivity index (χ1) is 6.99. The zero-order valence-electron chi connectivity index (χ0n) is 8.95. The van der Waals surface area contributed by atoms with Gasteiger partial charge in [-0.2, -0.15) is 0 Å². The number of carbonyl (C=O) groups excluding carboxylic acids is 1. The summed E-state index contributed by atoms with van der Waals surface area (Å²) in [7, 11) is 0. The summed E-state index contributed by atoms with van der Waals surface area (Å²) >= 11 is 0. The van der Waals surface area contributed by atoms with Crippen LogP contribution in [0.2, 0.25) is 0 Å². The van der Waals surface area contributed by atoms with Gasteiger partial charge in [0.15, 0.2) is 0 Å². The van der Waals surface area contributed by atoms with Crippen molar-refractivity contribution in [1.29, 1.82) is 0 Å². The molecule has 4 heteroatoms. The summed E-state index contributed by atoms with van der Waals surface area (Å²) in [4.78, 5) is 11.4. The number of benzene rings is 1. The molecule has 0 saturated carbocycles. The van der Waals surface area contributed by atoms with Gasteiger partial charge < -0.3 is 16.2 Å². The number of phenols is 1. The number of anilines is 2. The average Bonchev–Trinajstić information content (AvgIpc) is 2.08. The Morgan fingerprint density at radius 3 is 2.73 bits per heavy atom. The standard InChI is InChI=1S/C11H16N2O2/c1-7(2)5-11(15)13-10-4-3-8(14)6-9(10)12/h3-4,6-7,14H,5,12H2,1-2H3,(H,13,15). The van der Waals surface area contributed by atoms with Crippen molar-refractivity contribution in [3.05, 3.63) is 18.2 Å². The fourth-order valence-electron chi connectivity index (χ4n) is 1.24. The molecule has 0 saturated heterocycles. The van der Waals surface area contributed by atoms with Gasteiger partial charge in [-0.05, 0) is 18.1 Å². The third kappa shape index (κ3) is 3.50. The molecule has 4 nitrogen and oxygen atoms in total. The Kier molecular flexibility index (Phi) is 3.55. The Bertz CT molecular complexity index is 362. The van der Waals surface area contributed by atoms with E-state index in [-0.39, 0.29) is 11.7 Å². The fraction of sp³-hybridized carbons (Fsp3) is 0.364. The molecule has 0 atom stereocenters. The maximum atomic E-state index is 11.4. The SMILES string of the molecule is CC(C)CC(=O)Nc1ccc(O)cc1N. The van der Waals surface area contributed by atoms with Gasteiger partial charge in [-0.3, -0.25) is 4.79 Å². The first-order valence-electron chi connectivity index (χ1n) is 4.87. The quantitative estimate of drug-likeness (QED) is 0.525. The molecule has 0 aliphatic heterocycles. The fourth-order valence-corrected chi connectivity index (χ4v) is 1.24. The molecule has 0 unspecified atom stereocenters. The molecular formula is C11H16N2O2. The largest absolute Gasteiger partial charge is 0.508 e. The molecule has 0 aromatic heterocycles. The van der Waals surface area contributed by atoms with Crippen molar-refractivity contribution in [2.45, 2.75) is 20.3 Å². The van der Waals surface area contributed by atoms with Crippen LogP contribution < -0.4 is 11.1 Å². The summed E-state index contributed by atoms with van der Waals surface area (Å²) in [6.07, 6.45) is 0.459. The molecule has 1 aromatic carbocycles. The highest BCUT2D eigenvalue weighted by Gasteiger charge is 2.07. The molecule has 1 rings (SSSR count). The lowest BCUT2D eigenvalue weighted by Crippen LogP contribution is -2.14. The van der Waals surface area contributed by atoms with Gasteiger partial charge in [0.1, 0.15) is 5.75 Å². The van der Waals surface area contributed by atoms with E-state index in [9.17, 15) is 4.79 Å². The minimum atomic E-state index is -0.0672. The Morgan fingerprint density at radius 1 is 1.53 bits per heavy atom. The number of hydrogen-bond acceptors (Lipinski definition) is 3. The molecule has 0 radical (unpaired) electrons. The molecular weight excluding hydrogens is 192 g/mol. The average molecular weight is 208 g/mol. The zero-order valence-corrected chi connectivity index (χ0v) is 8.95. The highest BCUT2D eigenvalue weighted by atomic mass is 16.3. The van der Waals surface area contributed by atoms with Crippen LogP contribution in [-0.2, 0) is 4.79 Å². The second-order valence-corrected chi connectivity index (χ2v) is 3.92. The molecule has 4 N–H and O–H groups in total. The van der Waals surface area contributed by atoms with Crippen LogP contribution in [0.4, 0.5) is 11.4 Å². The van der Waals surface area contributed by atoms with Gasteiger partial charge in [-0.15, -0.1) is 0 Å². The summed E-state index contributed by atoms with van der Waals surface area (Å²) < 4.78 is 0. The molecule has 82 valence electrons. The van der Waals surface area contributed by atoms with Gasteiger partial charge in [0.2, 0.25) is 5.91 Å². The van der Waals surface area contributed by atoms with Crippen LogP contribution in [0.1, 0.15) is 20.3 Å². The molecule has 15 heavy (non-hydrogen) atoms. The van der Waals surface area contributed by atoms with Crippen LogP contribution in [0.5, 0.6) is 5.75 Å². The molecule has 0 spiro atoms. The summed E-state index contributed by atoms with van der Waals surface area (Å²) in [5, 5.41) is 11.8. The first kappa shape index (κ1) is 11.4. The van der Waals surface area contributed by atoms with Crippen LogP contribution >= 0.6 is 0 Å². The van der Waals surface area contributed by atoms with E-state index < -0.39 is 0 Å². The number of aromatic hydroxyl groups is 1. The van der Waals surface area contributed by atoms with E-state index in [0.29, 0.717) is 23.7 Å². The van der Waals surface area contributed by atoms with E-state index in [1.165, 1.54) is 12.1 Å². The second-order valence-electron chi connectivity index (χ2n) is 3.92. The van der Waals surface area contributed by atoms with Gasteiger partial charge in [0.25, 0.3) is 0 Å². The Morgan fingerprint density at radius 2 is 2.20 bits per heavy atom. The number of nitrogens with one attached hydrogen (secondary N) is 1. The van der Waals surface area contributed by atoms with Crippen LogP contribution in [0.25, 0.3) is 0 Å². The van der Waals surface area contributed by atoms with Crippen LogP contribution in [0.3, 0.4) is 0 Å². The summed E-state index contributed by atoms with van der Waals surface area (Å²) in [6.45, 7) is 3.94. The number of nitrogen functional groups attached to an aromatic ring is 1. The lowest BCUT2D eigenvalue weighted by Gasteiger charge is -2.09. The smallest absolute Gasteiger partial charge is 0.224 e. The number of rotatable bonds is 3. The van der Waals surface area contributed by atoms with E-state index >= 15 is 0 Å². The first-order valence-corrected chi connectivity index (χ1v) is 4.87. The van der Waals surface area contributed by atoms with Gasteiger partial charge >= 0.3 is 0 Å². The predicted molar refractivity (Wildman–Crippen MR) is 60.6 cm³/mol. The van der Waals surface area contributed by atoms with E-state index in [2.05, 4.69) is 5.32 Å². The number of amides is 1. The maximum absolute atomic E-state index is 11.4. The maximum Gasteiger partial charge on any atom is 0.224 e. The van der Waals surface area contributed by atoms with E-state index in [0.717, 1.165) is 0 Å². The van der Waals surface area contributed by atoms with Crippen LogP contribution in [-0.4, -0.2) is 11.0 Å². The molecule has 0 fully saturated rings. The van der Waals surface area contributed by atoms with Gasteiger partial charge in [-0.25, -0.2) is 0 Å². The topological polar surface area (TPSA) is 75.3 Å². The molecule has 0 bridgehead atoms. The van der Waals surface area contributed by atoms with Gasteiger partial charge in [0, 0.05) is 12.5 Å². The summed E-state index contributed by atoms with van der Waals surface area (Å²) in [5.74, 6) is 0.333. The van der Waals surface area contributed by atoms with Gasteiger partial charge in [-0.1, -0.05) is 13.8 Å². The predicted octanol–water partition coefficient (Wildman–Crippen LogP) is 1.96. The minimum Gasteiger partial charge on any atom is -0.508 e. The Labute approximate surface area is 89.1 Å². The second kappa shape index (κ2) is 4.68. The third-order valence-electron chi connectivity index (χ3n) is 1.90. The minimum absolute atomic E-state index is 0.0672. The van der Waals surface area contributed by atoms with Crippen molar-refractivity contribution in [1.82, 2.24) is 0 Å². The molecule has 1 amide bonds. The highest BCUT2D eigenvalue weighted by Crippen LogP contribution is 2.23. The highest BCUT2D eigenvalue weighted by molar-refractivity contribution is 5.94. The molecule has 1 aromatic rings. The van der Waals surface area contributed by atoms with E-state index in [1.807, 2.05) is 13.8 Å². The van der Waals surface area contributed by atoms with Crippen LogP contribution in [0, 0.1) is 5.92 Å². The van der Waals surface area contributed by atoms with Gasteiger partial charge in [0.05, 0.1) is 11.4 Å². The number of nitrogens with two attached hydrogens (primary N) is 1. The zero-order chi connectivity index (χ0) is 11.4. The summed E-state index contributed by atoms with van der Waals surface area (Å²) in [5.41, 5.74) is 6.53. The van der Waals surface area contributed by atoms with E-state index in [1.54, 1.807) is 6.07 Å². The lowest BCUT2D eigenvalue weighted by molar-refractivity contribution is -0.116. The number of phenolic OH excluding ortho intramolecular Hbond substituents is 1. The van der Waals surface area contributed by atoms with Crippen molar-refractivity contribution < 1.29 is 9.90 Å². The van der Waals surface area contributed by atoms with Crippen molar-refractivity contribution in [2.24, 2.45) is 5.92 Å². The molecule has 0 heterocycles. The van der Waals surface area contributed by atoms with Crippen molar-refractivity contribution >= 4 is 17.3 Å². The molecule has 0 aliphatic carbocycles. The Hall–Kier alpha value is -1.71. The van der Waals surface area contributed by atoms with Crippen LogP contribution in [0.15, 0.2) is 18.2 Å². The normalized spacial score (nSPS) is 10.3. The Balaban J connectivity index is 2.68. The monoisotopic (exact) mass is 208 g/mol. The number of carbonyl (C=O) groups is 1. The van der Waals surface area contributed by atoms with Crippen molar-refractivity contribution in [3.8, 4) is 5.75 Å². The van der Waals surface area contributed by atoms with E-state index in [4.69, 9.17) is 10.8 Å². The molecule has 0 aliphatic rings. The third-order valence-corrected chi connectivity index (χ3v) is 1.90. The summed E-state index contributed by atoms with van der Waals surface area (Å²) in [6, 6.07) is 4.48. The van der Waals surface area contributed by atoms with Crippen molar-refractivity contribution in [2.75, 3.05) is 11.1 Å².